The Labute approximate surface area is 138 Å². The molecular formula is C19H25NO3. The lowest BCUT2D eigenvalue weighted by Crippen LogP contribution is -2.16. The molecule has 0 spiro atoms. The topological polar surface area (TPSA) is 53.7 Å². The maximum absolute atomic E-state index is 5.97. The minimum absolute atomic E-state index is 0.204. The van der Waals surface area contributed by atoms with Gasteiger partial charge >= 0.3 is 0 Å². The lowest BCUT2D eigenvalue weighted by molar-refractivity contribution is 0.294. The van der Waals surface area contributed by atoms with E-state index in [1.807, 2.05) is 36.4 Å². The Kier molecular flexibility index (Phi) is 6.29. The van der Waals surface area contributed by atoms with E-state index in [0.717, 1.165) is 29.2 Å². The van der Waals surface area contributed by atoms with Crippen LogP contribution in [0, 0.1) is 6.92 Å². The molecular weight excluding hydrogens is 290 g/mol. The first-order chi connectivity index (χ1) is 11.2. The second-order valence-electron chi connectivity index (χ2n) is 5.49. The Bertz CT molecular complexity index is 628. The molecule has 0 fully saturated rings. The molecule has 4 heteroatoms. The van der Waals surface area contributed by atoms with Gasteiger partial charge in [0.25, 0.3) is 0 Å². The van der Waals surface area contributed by atoms with Crippen LogP contribution in [-0.2, 0) is 0 Å². The van der Waals surface area contributed by atoms with E-state index in [-0.39, 0.29) is 5.92 Å². The number of methoxy groups -OCH3 is 2. The third-order valence-electron chi connectivity index (χ3n) is 3.89. The minimum Gasteiger partial charge on any atom is -0.497 e. The average molecular weight is 315 g/mol. The molecule has 1 unspecified atom stereocenters. The molecule has 0 saturated carbocycles. The molecule has 124 valence electrons. The molecule has 2 rings (SSSR count). The smallest absolute Gasteiger partial charge is 0.122 e. The molecule has 0 aliphatic heterocycles. The zero-order valence-corrected chi connectivity index (χ0v) is 14.0. The van der Waals surface area contributed by atoms with Gasteiger partial charge in [0.2, 0.25) is 0 Å². The van der Waals surface area contributed by atoms with Crippen LogP contribution in [0.3, 0.4) is 0 Å². The van der Waals surface area contributed by atoms with E-state index >= 15 is 0 Å². The predicted molar refractivity (Wildman–Crippen MR) is 92.6 cm³/mol. The Hall–Kier alpha value is -2.20. The van der Waals surface area contributed by atoms with Crippen molar-refractivity contribution in [1.82, 2.24) is 0 Å². The van der Waals surface area contributed by atoms with E-state index in [1.165, 1.54) is 5.56 Å². The van der Waals surface area contributed by atoms with Gasteiger partial charge in [0.15, 0.2) is 0 Å². The second kappa shape index (κ2) is 8.44. The summed E-state index contributed by atoms with van der Waals surface area (Å²) in [5.74, 6) is 2.68. The van der Waals surface area contributed by atoms with E-state index in [2.05, 4.69) is 13.0 Å². The van der Waals surface area contributed by atoms with Crippen molar-refractivity contribution in [3.63, 3.8) is 0 Å². The highest BCUT2D eigenvalue weighted by molar-refractivity contribution is 5.39. The number of ether oxygens (including phenoxy) is 3. The van der Waals surface area contributed by atoms with Gasteiger partial charge < -0.3 is 19.9 Å². The molecule has 0 aliphatic carbocycles. The monoisotopic (exact) mass is 315 g/mol. The number of benzene rings is 2. The predicted octanol–water partition coefficient (Wildman–Crippen LogP) is 3.52. The van der Waals surface area contributed by atoms with Gasteiger partial charge in [0, 0.05) is 12.0 Å². The van der Waals surface area contributed by atoms with Crippen molar-refractivity contribution in [2.24, 2.45) is 5.73 Å². The van der Waals surface area contributed by atoms with Crippen molar-refractivity contribution in [3.8, 4) is 17.2 Å². The average Bonchev–Trinajstić information content (AvgIpc) is 2.59. The van der Waals surface area contributed by atoms with E-state index in [0.29, 0.717) is 13.2 Å². The lowest BCUT2D eigenvalue weighted by atomic mass is 9.94. The summed E-state index contributed by atoms with van der Waals surface area (Å²) in [4.78, 5) is 0. The summed E-state index contributed by atoms with van der Waals surface area (Å²) in [6.07, 6.45) is 0.827. The zero-order chi connectivity index (χ0) is 16.7. The summed E-state index contributed by atoms with van der Waals surface area (Å²) in [5, 5.41) is 0. The van der Waals surface area contributed by atoms with Crippen LogP contribution >= 0.6 is 0 Å². The fraction of sp³-hybridized carbons (Fsp3) is 0.368. The SMILES string of the molecule is COc1cccc(OCCC(CN)c2cc(C)ccc2OC)c1. The third-order valence-corrected chi connectivity index (χ3v) is 3.89. The van der Waals surface area contributed by atoms with Gasteiger partial charge in [0.1, 0.15) is 17.2 Å². The number of aryl methyl sites for hydroxylation is 1. The van der Waals surface area contributed by atoms with Crippen molar-refractivity contribution >= 4 is 0 Å². The number of hydrogen-bond donors (Lipinski definition) is 1. The highest BCUT2D eigenvalue weighted by Gasteiger charge is 2.15. The van der Waals surface area contributed by atoms with Gasteiger partial charge in [-0.3, -0.25) is 0 Å². The Morgan fingerprint density at radius 3 is 2.48 bits per heavy atom. The standard InChI is InChI=1S/C19H25NO3/c1-14-7-8-19(22-3)18(11-14)15(13-20)9-10-23-17-6-4-5-16(12-17)21-2/h4-8,11-12,15H,9-10,13,20H2,1-3H3. The molecule has 2 N–H and O–H groups in total. The van der Waals surface area contributed by atoms with Gasteiger partial charge in [-0.25, -0.2) is 0 Å². The normalized spacial score (nSPS) is 11.8. The van der Waals surface area contributed by atoms with Crippen molar-refractivity contribution in [2.75, 3.05) is 27.4 Å². The number of nitrogens with two attached hydrogens (primary N) is 1. The Balaban J connectivity index is 2.01. The van der Waals surface area contributed by atoms with Crippen molar-refractivity contribution < 1.29 is 14.2 Å². The number of rotatable bonds is 8. The second-order valence-corrected chi connectivity index (χ2v) is 5.49. The van der Waals surface area contributed by atoms with Crippen LogP contribution in [0.4, 0.5) is 0 Å². The maximum atomic E-state index is 5.97. The first-order valence-corrected chi connectivity index (χ1v) is 7.79. The van der Waals surface area contributed by atoms with E-state index in [9.17, 15) is 0 Å². The molecule has 4 nitrogen and oxygen atoms in total. The molecule has 0 saturated heterocycles. The Morgan fingerprint density at radius 2 is 1.78 bits per heavy atom. The van der Waals surface area contributed by atoms with Crippen LogP contribution in [0.25, 0.3) is 0 Å². The molecule has 2 aromatic rings. The summed E-state index contributed by atoms with van der Waals surface area (Å²) in [5.41, 5.74) is 8.32. The first kappa shape index (κ1) is 17.2. The first-order valence-electron chi connectivity index (χ1n) is 7.79. The molecule has 0 bridgehead atoms. The molecule has 23 heavy (non-hydrogen) atoms. The van der Waals surface area contributed by atoms with Gasteiger partial charge in [-0.15, -0.1) is 0 Å². The van der Waals surface area contributed by atoms with E-state index in [4.69, 9.17) is 19.9 Å². The van der Waals surface area contributed by atoms with Crippen molar-refractivity contribution in [2.45, 2.75) is 19.3 Å². The molecule has 0 aromatic heterocycles. The molecule has 0 amide bonds. The summed E-state index contributed by atoms with van der Waals surface area (Å²) in [6.45, 7) is 3.22. The minimum atomic E-state index is 0.204. The van der Waals surface area contributed by atoms with Crippen LogP contribution in [0.15, 0.2) is 42.5 Å². The lowest BCUT2D eigenvalue weighted by Gasteiger charge is -2.19. The van der Waals surface area contributed by atoms with Crippen LogP contribution in [-0.4, -0.2) is 27.4 Å². The molecule has 0 heterocycles. The van der Waals surface area contributed by atoms with Crippen molar-refractivity contribution in [1.29, 1.82) is 0 Å². The molecule has 1 atom stereocenters. The van der Waals surface area contributed by atoms with Gasteiger partial charge in [-0.2, -0.15) is 0 Å². The maximum Gasteiger partial charge on any atom is 0.122 e. The fourth-order valence-corrected chi connectivity index (χ4v) is 2.58. The van der Waals surface area contributed by atoms with E-state index < -0.39 is 0 Å². The quantitative estimate of drug-likeness (QED) is 0.810. The van der Waals surface area contributed by atoms with E-state index in [1.54, 1.807) is 14.2 Å². The van der Waals surface area contributed by atoms with Crippen LogP contribution in [0.1, 0.15) is 23.5 Å². The summed E-state index contributed by atoms with van der Waals surface area (Å²) in [7, 11) is 3.34. The largest absolute Gasteiger partial charge is 0.497 e. The van der Waals surface area contributed by atoms with Gasteiger partial charge in [-0.05, 0) is 43.7 Å². The molecule has 0 aliphatic rings. The Morgan fingerprint density at radius 1 is 1.00 bits per heavy atom. The molecule has 2 aromatic carbocycles. The zero-order valence-electron chi connectivity index (χ0n) is 14.0. The molecule has 0 radical (unpaired) electrons. The van der Waals surface area contributed by atoms with Crippen molar-refractivity contribution in [3.05, 3.63) is 53.6 Å². The summed E-state index contributed by atoms with van der Waals surface area (Å²) >= 11 is 0. The van der Waals surface area contributed by atoms with Crippen LogP contribution in [0.5, 0.6) is 17.2 Å². The summed E-state index contributed by atoms with van der Waals surface area (Å²) in [6, 6.07) is 13.8. The fourth-order valence-electron chi connectivity index (χ4n) is 2.58. The summed E-state index contributed by atoms with van der Waals surface area (Å²) < 4.78 is 16.5. The van der Waals surface area contributed by atoms with Gasteiger partial charge in [0.05, 0.1) is 20.8 Å². The van der Waals surface area contributed by atoms with Crippen LogP contribution < -0.4 is 19.9 Å². The third kappa shape index (κ3) is 4.63. The highest BCUT2D eigenvalue weighted by atomic mass is 16.5. The number of hydrogen-bond acceptors (Lipinski definition) is 4. The highest BCUT2D eigenvalue weighted by Crippen LogP contribution is 2.29. The van der Waals surface area contributed by atoms with Gasteiger partial charge in [-0.1, -0.05) is 23.8 Å². The van der Waals surface area contributed by atoms with Crippen LogP contribution in [0.2, 0.25) is 0 Å².